The molecule has 0 saturated heterocycles. The number of rotatable bonds is 8. The molecule has 7 nitrogen and oxygen atoms in total. The third kappa shape index (κ3) is 4.33. The van der Waals surface area contributed by atoms with Gasteiger partial charge in [0.25, 0.3) is 0 Å². The van der Waals surface area contributed by atoms with Gasteiger partial charge in [0.2, 0.25) is 10.0 Å². The molecule has 0 radical (unpaired) electrons. The molecular weight excluding hydrogens is 358 g/mol. The second-order valence-corrected chi connectivity index (χ2v) is 7.19. The van der Waals surface area contributed by atoms with E-state index in [1.54, 1.807) is 12.1 Å². The van der Waals surface area contributed by atoms with E-state index in [-0.39, 0.29) is 17.2 Å². The number of sulfonamides is 1. The van der Waals surface area contributed by atoms with Crippen LogP contribution in [-0.2, 0) is 16.6 Å². The van der Waals surface area contributed by atoms with E-state index in [0.717, 1.165) is 0 Å². The van der Waals surface area contributed by atoms with Crippen molar-refractivity contribution in [2.45, 2.75) is 18.4 Å². The second kappa shape index (κ2) is 8.20. The number of nitrogens with one attached hydrogen (secondary N) is 1. The van der Waals surface area contributed by atoms with Crippen LogP contribution in [0.25, 0.3) is 0 Å². The summed E-state index contributed by atoms with van der Waals surface area (Å²) in [5, 5.41) is 0. The van der Waals surface area contributed by atoms with Gasteiger partial charge in [-0.3, -0.25) is 4.79 Å². The first-order valence-electron chi connectivity index (χ1n) is 7.72. The van der Waals surface area contributed by atoms with Crippen LogP contribution in [0, 0.1) is 0 Å². The van der Waals surface area contributed by atoms with Crippen molar-refractivity contribution in [3.63, 3.8) is 0 Å². The van der Waals surface area contributed by atoms with Crippen molar-refractivity contribution in [1.82, 2.24) is 4.72 Å². The van der Waals surface area contributed by atoms with E-state index in [1.165, 1.54) is 52.5 Å². The van der Waals surface area contributed by atoms with Gasteiger partial charge in [-0.2, -0.15) is 0 Å². The average Bonchev–Trinajstić information content (AvgIpc) is 2.65. The molecule has 0 aromatic heterocycles. The highest BCUT2D eigenvalue weighted by atomic mass is 32.2. The normalized spacial score (nSPS) is 11.1. The van der Waals surface area contributed by atoms with Crippen molar-refractivity contribution in [3.8, 4) is 17.2 Å². The zero-order chi connectivity index (χ0) is 19.3. The quantitative estimate of drug-likeness (QED) is 0.708. The van der Waals surface area contributed by atoms with Crippen molar-refractivity contribution in [2.24, 2.45) is 0 Å². The molecule has 0 saturated carbocycles. The highest BCUT2D eigenvalue weighted by molar-refractivity contribution is 7.89. The number of hydrogen-bond acceptors (Lipinski definition) is 6. The third-order valence-electron chi connectivity index (χ3n) is 3.81. The van der Waals surface area contributed by atoms with E-state index in [9.17, 15) is 13.2 Å². The molecule has 0 unspecified atom stereocenters. The number of hydrogen-bond donors (Lipinski definition) is 1. The second-order valence-electron chi connectivity index (χ2n) is 5.42. The maximum Gasteiger partial charge on any atom is 0.240 e. The number of ether oxygens (including phenoxy) is 3. The van der Waals surface area contributed by atoms with E-state index in [0.29, 0.717) is 28.4 Å². The van der Waals surface area contributed by atoms with Crippen molar-refractivity contribution >= 4 is 15.8 Å². The average molecular weight is 379 g/mol. The monoisotopic (exact) mass is 379 g/mol. The SMILES string of the molecule is COc1cc(OC)c(OC)cc1CNS(=O)(=O)c1ccc(C(C)=O)cc1. The van der Waals surface area contributed by atoms with Crippen molar-refractivity contribution in [3.05, 3.63) is 47.5 Å². The summed E-state index contributed by atoms with van der Waals surface area (Å²) in [7, 11) is 0.735. The standard InChI is InChI=1S/C18H21NO6S/c1-12(20)13-5-7-15(8-6-13)26(21,22)19-11-14-9-17(24-3)18(25-4)10-16(14)23-2/h5-10,19H,11H2,1-4H3. The van der Waals surface area contributed by atoms with Crippen molar-refractivity contribution < 1.29 is 27.4 Å². The first-order chi connectivity index (χ1) is 12.3. The van der Waals surface area contributed by atoms with Crippen molar-refractivity contribution in [2.75, 3.05) is 21.3 Å². The Morgan fingerprint density at radius 2 is 1.46 bits per heavy atom. The molecule has 1 N–H and O–H groups in total. The number of benzene rings is 2. The fourth-order valence-electron chi connectivity index (χ4n) is 2.36. The van der Waals surface area contributed by atoms with E-state index in [1.807, 2.05) is 0 Å². The molecule has 0 atom stereocenters. The molecule has 0 aliphatic carbocycles. The van der Waals surface area contributed by atoms with Crippen LogP contribution in [0.4, 0.5) is 0 Å². The summed E-state index contributed by atoms with van der Waals surface area (Å²) < 4.78 is 43.2. The lowest BCUT2D eigenvalue weighted by Crippen LogP contribution is -2.23. The lowest BCUT2D eigenvalue weighted by atomic mass is 10.1. The van der Waals surface area contributed by atoms with Crippen LogP contribution in [0.5, 0.6) is 17.2 Å². The summed E-state index contributed by atoms with van der Waals surface area (Å²) in [6.45, 7) is 1.42. The summed E-state index contributed by atoms with van der Waals surface area (Å²) in [4.78, 5) is 11.4. The number of methoxy groups -OCH3 is 3. The minimum Gasteiger partial charge on any atom is -0.496 e. The third-order valence-corrected chi connectivity index (χ3v) is 5.23. The van der Waals surface area contributed by atoms with Crippen LogP contribution in [0.2, 0.25) is 0 Å². The Balaban J connectivity index is 2.25. The van der Waals surface area contributed by atoms with Gasteiger partial charge in [-0.15, -0.1) is 0 Å². The minimum absolute atomic E-state index is 0.000318. The van der Waals surface area contributed by atoms with Gasteiger partial charge in [0.05, 0.1) is 26.2 Å². The van der Waals surface area contributed by atoms with Gasteiger partial charge in [0.15, 0.2) is 17.3 Å². The predicted molar refractivity (Wildman–Crippen MR) is 96.6 cm³/mol. The van der Waals surface area contributed by atoms with E-state index >= 15 is 0 Å². The summed E-state index contributed by atoms with van der Waals surface area (Å²) in [5.74, 6) is 1.29. The largest absolute Gasteiger partial charge is 0.496 e. The number of carbonyl (C=O) groups excluding carboxylic acids is 1. The van der Waals surface area contributed by atoms with Gasteiger partial charge in [-0.1, -0.05) is 12.1 Å². The van der Waals surface area contributed by atoms with Gasteiger partial charge in [0.1, 0.15) is 5.75 Å². The molecule has 0 fully saturated rings. The van der Waals surface area contributed by atoms with Gasteiger partial charge in [-0.05, 0) is 25.1 Å². The molecule has 0 aliphatic heterocycles. The van der Waals surface area contributed by atoms with E-state index in [2.05, 4.69) is 4.72 Å². The molecule has 26 heavy (non-hydrogen) atoms. The Morgan fingerprint density at radius 1 is 0.923 bits per heavy atom. The molecule has 0 aliphatic rings. The van der Waals surface area contributed by atoms with Crippen molar-refractivity contribution in [1.29, 1.82) is 0 Å². The molecule has 140 valence electrons. The smallest absolute Gasteiger partial charge is 0.240 e. The Labute approximate surface area is 152 Å². The first-order valence-corrected chi connectivity index (χ1v) is 9.20. The molecule has 0 heterocycles. The Morgan fingerprint density at radius 3 is 1.96 bits per heavy atom. The van der Waals surface area contributed by atoms with Gasteiger partial charge < -0.3 is 14.2 Å². The number of Topliss-reactive ketones (excluding diaryl/α,β-unsaturated/α-hetero) is 1. The van der Waals surface area contributed by atoms with Crippen LogP contribution in [0.15, 0.2) is 41.3 Å². The van der Waals surface area contributed by atoms with Crippen LogP contribution < -0.4 is 18.9 Å². The fraction of sp³-hybridized carbons (Fsp3) is 0.278. The molecule has 0 spiro atoms. The van der Waals surface area contributed by atoms with E-state index in [4.69, 9.17) is 14.2 Å². The summed E-state index contributed by atoms with van der Waals surface area (Å²) in [6, 6.07) is 9.03. The fourth-order valence-corrected chi connectivity index (χ4v) is 3.36. The molecule has 0 bridgehead atoms. The first kappa shape index (κ1) is 19.7. The summed E-state index contributed by atoms with van der Waals surface area (Å²) in [6.07, 6.45) is 0. The molecular formula is C18H21NO6S. The molecule has 2 aromatic carbocycles. The molecule has 0 amide bonds. The molecule has 8 heteroatoms. The maximum absolute atomic E-state index is 12.5. The summed E-state index contributed by atoms with van der Waals surface area (Å²) >= 11 is 0. The van der Waals surface area contributed by atoms with Crippen LogP contribution in [0.3, 0.4) is 0 Å². The van der Waals surface area contributed by atoms with Gasteiger partial charge in [-0.25, -0.2) is 13.1 Å². The highest BCUT2D eigenvalue weighted by Gasteiger charge is 2.17. The predicted octanol–water partition coefficient (Wildman–Crippen LogP) is 2.39. The molecule has 2 aromatic rings. The van der Waals surface area contributed by atoms with Crippen LogP contribution >= 0.6 is 0 Å². The minimum atomic E-state index is -3.75. The lowest BCUT2D eigenvalue weighted by Gasteiger charge is -2.14. The van der Waals surface area contributed by atoms with Gasteiger partial charge >= 0.3 is 0 Å². The number of ketones is 1. The zero-order valence-corrected chi connectivity index (χ0v) is 15.8. The van der Waals surface area contributed by atoms with Gasteiger partial charge in [0, 0.05) is 23.7 Å². The Kier molecular flexibility index (Phi) is 6.23. The topological polar surface area (TPSA) is 90.9 Å². The Hall–Kier alpha value is -2.58. The highest BCUT2D eigenvalue weighted by Crippen LogP contribution is 2.34. The molecule has 2 rings (SSSR count). The Bertz CT molecular complexity index is 891. The van der Waals surface area contributed by atoms with Crippen LogP contribution in [0.1, 0.15) is 22.8 Å². The lowest BCUT2D eigenvalue weighted by molar-refractivity contribution is 0.101. The van der Waals surface area contributed by atoms with E-state index < -0.39 is 10.0 Å². The number of carbonyl (C=O) groups is 1. The maximum atomic E-state index is 12.5. The van der Waals surface area contributed by atoms with Crippen LogP contribution in [-0.4, -0.2) is 35.5 Å². The zero-order valence-electron chi connectivity index (χ0n) is 15.0. The summed E-state index contributed by atoms with van der Waals surface area (Å²) in [5.41, 5.74) is 1.04.